The van der Waals surface area contributed by atoms with Crippen molar-refractivity contribution >= 4 is 62.8 Å². The van der Waals surface area contributed by atoms with Gasteiger partial charge in [0.05, 0.1) is 24.4 Å². The molecule has 2 aromatic carbocycles. The van der Waals surface area contributed by atoms with Crippen LogP contribution in [0.25, 0.3) is 0 Å². The summed E-state index contributed by atoms with van der Waals surface area (Å²) in [7, 11) is 1.44. The van der Waals surface area contributed by atoms with Crippen LogP contribution >= 0.6 is 39.1 Å². The normalized spacial score (nSPS) is 33.2. The van der Waals surface area contributed by atoms with Gasteiger partial charge in [-0.3, -0.25) is 33.9 Å². The van der Waals surface area contributed by atoms with Crippen LogP contribution in [0, 0.1) is 17.8 Å². The fraction of sp³-hybridized carbons (Fsp3) is 0.471. The quantitative estimate of drug-likeness (QED) is 0.198. The van der Waals surface area contributed by atoms with Crippen molar-refractivity contribution in [1.29, 1.82) is 0 Å². The van der Waals surface area contributed by atoms with Gasteiger partial charge in [-0.15, -0.1) is 23.2 Å². The molecule has 0 bridgehead atoms. The largest absolute Gasteiger partial charge is 0.508 e. The van der Waals surface area contributed by atoms with E-state index in [1.54, 1.807) is 6.07 Å². The number of alkyl halides is 3. The Bertz CT molecular complexity index is 1650. The molecule has 6 atom stereocenters. The van der Waals surface area contributed by atoms with Gasteiger partial charge in [0, 0.05) is 43.2 Å². The minimum atomic E-state index is -1.93. The first-order valence-electron chi connectivity index (χ1n) is 15.5. The number of carbonyl (C=O) groups excluding carboxylic acids is 4. The Morgan fingerprint density at radius 2 is 1.70 bits per heavy atom. The van der Waals surface area contributed by atoms with E-state index in [0.717, 1.165) is 24.5 Å². The number of allylic oxidation sites excluding steroid dienone is 2. The molecule has 0 spiro atoms. The third kappa shape index (κ3) is 4.50. The summed E-state index contributed by atoms with van der Waals surface area (Å²) in [5, 5.41) is 10.2. The molecule has 0 radical (unpaired) electrons. The van der Waals surface area contributed by atoms with Crippen molar-refractivity contribution in [1.82, 2.24) is 14.7 Å². The Hall–Kier alpha value is -2.92. The van der Waals surface area contributed by atoms with E-state index in [0.29, 0.717) is 30.4 Å². The lowest BCUT2D eigenvalue weighted by Crippen LogP contribution is -2.60. The van der Waals surface area contributed by atoms with E-state index in [1.165, 1.54) is 29.7 Å². The van der Waals surface area contributed by atoms with E-state index < -0.39 is 45.2 Å². The van der Waals surface area contributed by atoms with Crippen LogP contribution in [-0.4, -0.2) is 84.9 Å². The summed E-state index contributed by atoms with van der Waals surface area (Å²) in [6.07, 6.45) is 3.50. The molecule has 3 aliphatic heterocycles. The second-order valence-corrected chi connectivity index (χ2v) is 14.7. The SMILES string of the molecule is COc1cc(O)ccc1C1C2=CCC3C(=O)N(C4CCN(Cc5ccccc5)CC4)C(=O)C3C2CC2(Cl)C(=O)N(CBr)C(=O)C12Cl. The number of rotatable bonds is 6. The molecule has 5 aliphatic rings. The monoisotopic (exact) mass is 729 g/mol. The van der Waals surface area contributed by atoms with Crippen molar-refractivity contribution in [2.24, 2.45) is 17.8 Å². The van der Waals surface area contributed by atoms with Crippen LogP contribution in [0.5, 0.6) is 11.5 Å². The van der Waals surface area contributed by atoms with Crippen LogP contribution in [0.1, 0.15) is 42.7 Å². The van der Waals surface area contributed by atoms with Gasteiger partial charge in [-0.2, -0.15) is 0 Å². The van der Waals surface area contributed by atoms with Crippen LogP contribution in [0.15, 0.2) is 60.2 Å². The molecule has 242 valence electrons. The van der Waals surface area contributed by atoms with Crippen LogP contribution < -0.4 is 4.74 Å². The molecule has 0 aromatic heterocycles. The number of likely N-dealkylation sites (tertiary alicyclic amines) is 3. The van der Waals surface area contributed by atoms with Gasteiger partial charge < -0.3 is 9.84 Å². The summed E-state index contributed by atoms with van der Waals surface area (Å²) in [6, 6.07) is 14.5. The average Bonchev–Trinajstić information content (AvgIpc) is 3.39. The molecule has 46 heavy (non-hydrogen) atoms. The number of aromatic hydroxyl groups is 1. The van der Waals surface area contributed by atoms with Crippen molar-refractivity contribution in [2.75, 3.05) is 25.7 Å². The first-order chi connectivity index (χ1) is 22.0. The Balaban J connectivity index is 1.23. The van der Waals surface area contributed by atoms with E-state index in [1.807, 2.05) is 24.3 Å². The number of amides is 4. The van der Waals surface area contributed by atoms with Gasteiger partial charge in [-0.1, -0.05) is 64.0 Å². The molecule has 3 saturated heterocycles. The van der Waals surface area contributed by atoms with Gasteiger partial charge in [0.15, 0.2) is 9.75 Å². The molecule has 9 nitrogen and oxygen atoms in total. The highest BCUT2D eigenvalue weighted by molar-refractivity contribution is 9.09. The minimum absolute atomic E-state index is 0.0515. The van der Waals surface area contributed by atoms with Crippen molar-refractivity contribution in [3.05, 3.63) is 71.3 Å². The molecule has 3 heterocycles. The number of ether oxygens (including phenoxy) is 1. The summed E-state index contributed by atoms with van der Waals surface area (Å²) in [4.78, 5) is 57.3. The fourth-order valence-electron chi connectivity index (χ4n) is 8.60. The molecule has 2 aliphatic carbocycles. The molecular formula is C34H34BrCl2N3O6. The fourth-order valence-corrected chi connectivity index (χ4v) is 10.0. The number of nitrogens with zero attached hydrogens (tertiary/aromatic N) is 3. The maximum absolute atomic E-state index is 14.4. The standard InChI is InChI=1S/C34H34BrCl2N3O6/c1-46-26-15-21(41)7-8-23(26)28-22-9-10-24-27(25(22)16-33(36)31(44)39(18-35)32(45)34(28,33)37)30(43)40(29(24)42)20-11-13-38(14-12-20)17-19-5-3-2-4-6-19/h2-9,15,20,24-25,27-28,41H,10-14,16-18H2,1H3. The van der Waals surface area contributed by atoms with E-state index >= 15 is 0 Å². The minimum Gasteiger partial charge on any atom is -0.508 e. The highest BCUT2D eigenvalue weighted by Gasteiger charge is 2.76. The number of phenolic OH excluding ortho intramolecular Hbond substituents is 1. The maximum Gasteiger partial charge on any atom is 0.254 e. The predicted octanol–water partition coefficient (Wildman–Crippen LogP) is 4.78. The van der Waals surface area contributed by atoms with Gasteiger partial charge in [0.25, 0.3) is 11.8 Å². The number of carbonyl (C=O) groups is 4. The number of halogens is 3. The van der Waals surface area contributed by atoms with Gasteiger partial charge in [0.1, 0.15) is 11.5 Å². The van der Waals surface area contributed by atoms with Crippen molar-refractivity contribution in [3.63, 3.8) is 0 Å². The summed E-state index contributed by atoms with van der Waals surface area (Å²) < 4.78 is 5.63. The molecule has 12 heteroatoms. The highest BCUT2D eigenvalue weighted by atomic mass is 79.9. The Morgan fingerprint density at radius 1 is 0.978 bits per heavy atom. The summed E-state index contributed by atoms with van der Waals surface area (Å²) in [5.74, 6) is -4.41. The Morgan fingerprint density at radius 3 is 2.37 bits per heavy atom. The lowest BCUT2D eigenvalue weighted by atomic mass is 9.56. The highest BCUT2D eigenvalue weighted by Crippen LogP contribution is 2.66. The summed E-state index contributed by atoms with van der Waals surface area (Å²) >= 11 is 17.9. The predicted molar refractivity (Wildman–Crippen MR) is 175 cm³/mol. The van der Waals surface area contributed by atoms with E-state index in [9.17, 15) is 24.3 Å². The Kier molecular flexibility index (Phi) is 8.02. The number of hydrogen-bond donors (Lipinski definition) is 1. The number of fused-ring (bicyclic) bond motifs is 4. The number of imide groups is 2. The molecule has 4 amide bonds. The number of phenols is 1. The van der Waals surface area contributed by atoms with Crippen molar-refractivity contribution in [3.8, 4) is 11.5 Å². The van der Waals surface area contributed by atoms with Gasteiger partial charge >= 0.3 is 0 Å². The molecule has 1 saturated carbocycles. The molecular weight excluding hydrogens is 697 g/mol. The smallest absolute Gasteiger partial charge is 0.254 e. The molecule has 4 fully saturated rings. The van der Waals surface area contributed by atoms with Gasteiger partial charge in [-0.25, -0.2) is 0 Å². The first-order valence-corrected chi connectivity index (χ1v) is 17.4. The molecule has 7 rings (SSSR count). The van der Waals surface area contributed by atoms with E-state index in [-0.39, 0.29) is 41.2 Å². The number of methoxy groups -OCH3 is 1. The summed E-state index contributed by atoms with van der Waals surface area (Å²) in [5.41, 5.74) is 2.28. The lowest BCUT2D eigenvalue weighted by molar-refractivity contribution is -0.144. The van der Waals surface area contributed by atoms with Crippen molar-refractivity contribution < 1.29 is 29.0 Å². The number of piperidine rings is 1. The lowest BCUT2D eigenvalue weighted by Gasteiger charge is -2.51. The maximum atomic E-state index is 14.4. The zero-order valence-corrected chi connectivity index (χ0v) is 28.3. The van der Waals surface area contributed by atoms with Crippen LogP contribution in [0.4, 0.5) is 0 Å². The van der Waals surface area contributed by atoms with Crippen molar-refractivity contribution in [2.45, 2.75) is 53.9 Å². The topological polar surface area (TPSA) is 107 Å². The van der Waals surface area contributed by atoms with E-state index in [2.05, 4.69) is 33.0 Å². The van der Waals surface area contributed by atoms with Gasteiger partial charge in [-0.05, 0) is 43.2 Å². The number of hydrogen-bond acceptors (Lipinski definition) is 7. The third-order valence-electron chi connectivity index (χ3n) is 10.7. The molecule has 6 unspecified atom stereocenters. The second kappa shape index (κ2) is 11.6. The average molecular weight is 731 g/mol. The zero-order valence-electron chi connectivity index (χ0n) is 25.2. The molecule has 1 N–H and O–H groups in total. The second-order valence-electron chi connectivity index (χ2n) is 13.0. The molecule has 2 aromatic rings. The summed E-state index contributed by atoms with van der Waals surface area (Å²) in [6.45, 7) is 2.34. The van der Waals surface area contributed by atoms with Crippen LogP contribution in [-0.2, 0) is 25.7 Å². The third-order valence-corrected chi connectivity index (χ3v) is 12.7. The first kappa shape index (κ1) is 31.7. The van der Waals surface area contributed by atoms with E-state index in [4.69, 9.17) is 27.9 Å². The number of benzene rings is 2. The Labute approximate surface area is 285 Å². The van der Waals surface area contributed by atoms with Crippen LogP contribution in [0.2, 0.25) is 0 Å². The van der Waals surface area contributed by atoms with Gasteiger partial charge in [0.2, 0.25) is 11.8 Å². The van der Waals surface area contributed by atoms with Crippen LogP contribution in [0.3, 0.4) is 0 Å². The zero-order chi connectivity index (χ0) is 32.5.